The van der Waals surface area contributed by atoms with E-state index in [0.29, 0.717) is 18.3 Å². The van der Waals surface area contributed by atoms with Crippen molar-refractivity contribution in [3.05, 3.63) is 34.4 Å². The van der Waals surface area contributed by atoms with Gasteiger partial charge in [-0.2, -0.15) is 5.10 Å². The molecule has 0 amide bonds. The lowest BCUT2D eigenvalue weighted by Gasteiger charge is -2.18. The average Bonchev–Trinajstić information content (AvgIpc) is 2.65. The highest BCUT2D eigenvalue weighted by Crippen LogP contribution is 2.28. The molecule has 0 radical (unpaired) electrons. The van der Waals surface area contributed by atoms with Crippen molar-refractivity contribution in [2.24, 2.45) is 5.92 Å². The fraction of sp³-hybridized carbons (Fsp3) is 0.467. The van der Waals surface area contributed by atoms with Crippen molar-refractivity contribution >= 4 is 5.78 Å². The zero-order valence-electron chi connectivity index (χ0n) is 12.3. The van der Waals surface area contributed by atoms with Crippen molar-refractivity contribution in [3.8, 4) is 5.95 Å². The lowest BCUT2D eigenvalue weighted by molar-refractivity contribution is 0.0952. The molecule has 20 heavy (non-hydrogen) atoms. The minimum Gasteiger partial charge on any atom is -0.294 e. The Kier molecular flexibility index (Phi) is 2.92. The van der Waals surface area contributed by atoms with Crippen molar-refractivity contribution < 1.29 is 4.79 Å². The van der Waals surface area contributed by atoms with Crippen molar-refractivity contribution in [1.82, 2.24) is 19.7 Å². The summed E-state index contributed by atoms with van der Waals surface area (Å²) in [4.78, 5) is 21.1. The third-order valence-corrected chi connectivity index (χ3v) is 3.67. The molecule has 1 aliphatic carbocycles. The van der Waals surface area contributed by atoms with E-state index in [0.717, 1.165) is 34.8 Å². The normalized spacial score (nSPS) is 18.2. The van der Waals surface area contributed by atoms with Gasteiger partial charge in [-0.1, -0.05) is 6.92 Å². The summed E-state index contributed by atoms with van der Waals surface area (Å²) in [7, 11) is 0. The second-order valence-corrected chi connectivity index (χ2v) is 5.71. The summed E-state index contributed by atoms with van der Waals surface area (Å²) in [6, 6.07) is 1.93. The molecular formula is C15H18N4O. The van der Waals surface area contributed by atoms with Crippen LogP contribution in [-0.2, 0) is 6.42 Å². The Hall–Kier alpha value is -2.04. The predicted molar refractivity (Wildman–Crippen MR) is 75.2 cm³/mol. The van der Waals surface area contributed by atoms with Crippen LogP contribution in [0.5, 0.6) is 0 Å². The van der Waals surface area contributed by atoms with E-state index in [2.05, 4.69) is 22.0 Å². The first kappa shape index (κ1) is 13.0. The molecule has 0 unspecified atom stereocenters. The van der Waals surface area contributed by atoms with Crippen LogP contribution >= 0.6 is 0 Å². The van der Waals surface area contributed by atoms with Crippen molar-refractivity contribution in [3.63, 3.8) is 0 Å². The van der Waals surface area contributed by atoms with E-state index in [1.54, 1.807) is 4.68 Å². The summed E-state index contributed by atoms with van der Waals surface area (Å²) < 4.78 is 1.75. The molecule has 5 heteroatoms. The number of carbonyl (C=O) groups excluding carboxylic acids is 1. The molecule has 2 aromatic heterocycles. The minimum absolute atomic E-state index is 0.187. The molecule has 0 aliphatic heterocycles. The molecule has 2 heterocycles. The van der Waals surface area contributed by atoms with Gasteiger partial charge in [0.25, 0.3) is 5.95 Å². The summed E-state index contributed by atoms with van der Waals surface area (Å²) in [6.45, 7) is 7.85. The van der Waals surface area contributed by atoms with Gasteiger partial charge in [0.05, 0.1) is 17.0 Å². The van der Waals surface area contributed by atoms with Crippen LogP contribution < -0.4 is 0 Å². The molecule has 0 saturated heterocycles. The van der Waals surface area contributed by atoms with Crippen LogP contribution in [0, 0.1) is 26.7 Å². The number of hydrogen-bond donors (Lipinski definition) is 0. The standard InChI is InChI=1S/C15H18N4O/c1-8-5-12-14(13(20)6-8)11(4)18-19(12)15-16-9(2)7-10(3)17-15/h7-8H,5-6H2,1-4H3/t8-/m0/s1. The van der Waals surface area contributed by atoms with Crippen molar-refractivity contribution in [2.75, 3.05) is 0 Å². The fourth-order valence-corrected chi connectivity index (χ4v) is 2.91. The molecule has 0 aromatic carbocycles. The van der Waals surface area contributed by atoms with Crippen LogP contribution in [0.25, 0.3) is 5.95 Å². The van der Waals surface area contributed by atoms with E-state index in [-0.39, 0.29) is 5.78 Å². The summed E-state index contributed by atoms with van der Waals surface area (Å²) in [5, 5.41) is 4.50. The maximum atomic E-state index is 12.2. The van der Waals surface area contributed by atoms with Gasteiger partial charge < -0.3 is 0 Å². The van der Waals surface area contributed by atoms with E-state index in [9.17, 15) is 4.79 Å². The number of fused-ring (bicyclic) bond motifs is 1. The number of hydrogen-bond acceptors (Lipinski definition) is 4. The van der Waals surface area contributed by atoms with Crippen molar-refractivity contribution in [1.29, 1.82) is 0 Å². The first-order chi connectivity index (χ1) is 9.45. The maximum Gasteiger partial charge on any atom is 0.251 e. The van der Waals surface area contributed by atoms with Crippen LogP contribution in [0.4, 0.5) is 0 Å². The highest BCUT2D eigenvalue weighted by molar-refractivity contribution is 5.99. The van der Waals surface area contributed by atoms with E-state index >= 15 is 0 Å². The SMILES string of the molecule is Cc1cc(C)nc(-n2nc(C)c3c2C[C@H](C)CC3=O)n1. The van der Waals surface area contributed by atoms with Gasteiger partial charge in [0, 0.05) is 17.8 Å². The number of aromatic nitrogens is 4. The first-order valence-corrected chi connectivity index (χ1v) is 6.90. The lowest BCUT2D eigenvalue weighted by Crippen LogP contribution is -2.20. The quantitative estimate of drug-likeness (QED) is 0.798. The molecule has 5 nitrogen and oxygen atoms in total. The summed E-state index contributed by atoms with van der Waals surface area (Å²) >= 11 is 0. The third kappa shape index (κ3) is 2.03. The minimum atomic E-state index is 0.187. The number of carbonyl (C=O) groups is 1. The number of ketones is 1. The number of aryl methyl sites for hydroxylation is 3. The van der Waals surface area contributed by atoms with E-state index in [4.69, 9.17) is 0 Å². The highest BCUT2D eigenvalue weighted by atomic mass is 16.1. The van der Waals surface area contributed by atoms with Crippen molar-refractivity contribution in [2.45, 2.75) is 40.5 Å². The first-order valence-electron chi connectivity index (χ1n) is 6.90. The van der Waals surface area contributed by atoms with E-state index < -0.39 is 0 Å². The van der Waals surface area contributed by atoms with Crippen LogP contribution in [-0.4, -0.2) is 25.5 Å². The van der Waals surface area contributed by atoms with Gasteiger partial charge in [0.15, 0.2) is 5.78 Å². The van der Waals surface area contributed by atoms with Gasteiger partial charge >= 0.3 is 0 Å². The molecule has 0 bridgehead atoms. The van der Waals surface area contributed by atoms with Crippen LogP contribution in [0.15, 0.2) is 6.07 Å². The molecule has 1 aliphatic rings. The molecular weight excluding hydrogens is 252 g/mol. The molecule has 3 rings (SSSR count). The Morgan fingerprint density at radius 2 is 1.80 bits per heavy atom. The molecule has 0 N–H and O–H groups in total. The summed E-state index contributed by atoms with van der Waals surface area (Å²) in [5.74, 6) is 1.09. The zero-order chi connectivity index (χ0) is 14.4. The van der Waals surface area contributed by atoms with Gasteiger partial charge in [-0.25, -0.2) is 14.6 Å². The Morgan fingerprint density at radius 1 is 1.15 bits per heavy atom. The van der Waals surface area contributed by atoms with Crippen LogP contribution in [0.2, 0.25) is 0 Å². The second kappa shape index (κ2) is 4.51. The monoisotopic (exact) mass is 270 g/mol. The van der Waals surface area contributed by atoms with Gasteiger partial charge in [-0.15, -0.1) is 0 Å². The Balaban J connectivity index is 2.20. The van der Waals surface area contributed by atoms with Crippen LogP contribution in [0.3, 0.4) is 0 Å². The molecule has 1 atom stereocenters. The maximum absolute atomic E-state index is 12.2. The van der Waals surface area contributed by atoms with Gasteiger partial charge in [0.2, 0.25) is 0 Å². The molecule has 2 aromatic rings. The largest absolute Gasteiger partial charge is 0.294 e. The predicted octanol–water partition coefficient (Wildman–Crippen LogP) is 2.35. The zero-order valence-corrected chi connectivity index (χ0v) is 12.3. The average molecular weight is 270 g/mol. The Labute approximate surface area is 118 Å². The van der Waals surface area contributed by atoms with Gasteiger partial charge in [-0.3, -0.25) is 4.79 Å². The Bertz CT molecular complexity index is 682. The lowest BCUT2D eigenvalue weighted by atomic mass is 9.87. The van der Waals surface area contributed by atoms with Crippen LogP contribution in [0.1, 0.15) is 46.5 Å². The summed E-state index contributed by atoms with van der Waals surface area (Å²) in [6.07, 6.45) is 1.45. The summed E-state index contributed by atoms with van der Waals surface area (Å²) in [5.41, 5.74) is 4.32. The second-order valence-electron chi connectivity index (χ2n) is 5.71. The van der Waals surface area contributed by atoms with Gasteiger partial charge in [0.1, 0.15) is 0 Å². The Morgan fingerprint density at radius 3 is 2.45 bits per heavy atom. The number of Topliss-reactive ketones (excluding diaryl/α,β-unsaturated/α-hetero) is 1. The topological polar surface area (TPSA) is 60.7 Å². The molecule has 0 fully saturated rings. The molecule has 0 spiro atoms. The molecule has 0 saturated carbocycles. The smallest absolute Gasteiger partial charge is 0.251 e. The van der Waals surface area contributed by atoms with E-state index in [1.807, 2.05) is 26.8 Å². The van der Waals surface area contributed by atoms with Gasteiger partial charge in [-0.05, 0) is 39.2 Å². The number of rotatable bonds is 1. The highest BCUT2D eigenvalue weighted by Gasteiger charge is 2.29. The third-order valence-electron chi connectivity index (χ3n) is 3.67. The fourth-order valence-electron chi connectivity index (χ4n) is 2.91. The number of nitrogens with zero attached hydrogens (tertiary/aromatic N) is 4. The molecule has 104 valence electrons. The van der Waals surface area contributed by atoms with E-state index in [1.165, 1.54) is 0 Å².